The minimum Gasteiger partial charge on any atom is -0.351 e. The van der Waals surface area contributed by atoms with Gasteiger partial charge in [-0.15, -0.1) is 0 Å². The summed E-state index contributed by atoms with van der Waals surface area (Å²) in [6.07, 6.45) is 2.64. The highest BCUT2D eigenvalue weighted by molar-refractivity contribution is 5.94. The molecule has 0 spiro atoms. The maximum absolute atomic E-state index is 13.2. The van der Waals surface area contributed by atoms with Gasteiger partial charge in [0, 0.05) is 31.3 Å². The fourth-order valence-electron chi connectivity index (χ4n) is 3.41. The molecule has 0 radical (unpaired) electrons. The van der Waals surface area contributed by atoms with E-state index in [1.165, 1.54) is 10.6 Å². The maximum atomic E-state index is 13.2. The van der Waals surface area contributed by atoms with Gasteiger partial charge in [-0.05, 0) is 35.7 Å². The lowest BCUT2D eigenvalue weighted by molar-refractivity contribution is -0.120. The van der Waals surface area contributed by atoms with Crippen molar-refractivity contribution in [3.05, 3.63) is 88.5 Å². The molecular formula is C25H27N3O3. The fraction of sp³-hybridized carbons (Fsp3) is 0.280. The van der Waals surface area contributed by atoms with Crippen molar-refractivity contribution in [2.75, 3.05) is 6.54 Å². The molecule has 0 atom stereocenters. The number of benzene rings is 1. The molecule has 2 aromatic heterocycles. The van der Waals surface area contributed by atoms with Gasteiger partial charge in [0.15, 0.2) is 5.78 Å². The van der Waals surface area contributed by atoms with Crippen molar-refractivity contribution in [1.82, 2.24) is 14.9 Å². The number of nitrogens with zero attached hydrogens (tertiary/aromatic N) is 2. The number of carbonyl (C=O) groups is 2. The third-order valence-corrected chi connectivity index (χ3v) is 4.85. The van der Waals surface area contributed by atoms with Crippen LogP contribution in [-0.4, -0.2) is 27.8 Å². The average Bonchev–Trinajstić information content (AvgIpc) is 2.76. The smallest absolute Gasteiger partial charge is 0.264 e. The van der Waals surface area contributed by atoms with E-state index in [0.29, 0.717) is 25.1 Å². The standard InChI is InChI=1S/C25H27N3O3/c1-18(2)16-21(29)17-28-23(19-8-4-3-5-9-19)12-11-22(25(28)31)24(30)27-15-13-20-10-6-7-14-26-20/h3-12,14,18H,13,15-17H2,1-2H3,(H,27,30). The molecule has 6 heteroatoms. The van der Waals surface area contributed by atoms with Crippen LogP contribution in [0.25, 0.3) is 11.3 Å². The van der Waals surface area contributed by atoms with Crippen LogP contribution < -0.4 is 10.9 Å². The lowest BCUT2D eigenvalue weighted by atomic mass is 10.1. The van der Waals surface area contributed by atoms with Crippen LogP contribution in [0.5, 0.6) is 0 Å². The van der Waals surface area contributed by atoms with Gasteiger partial charge in [-0.1, -0.05) is 50.2 Å². The van der Waals surface area contributed by atoms with Gasteiger partial charge in [0.1, 0.15) is 5.56 Å². The number of amides is 1. The summed E-state index contributed by atoms with van der Waals surface area (Å²) in [7, 11) is 0. The fourth-order valence-corrected chi connectivity index (χ4v) is 3.41. The molecule has 1 N–H and O–H groups in total. The van der Waals surface area contributed by atoms with Crippen LogP contribution in [-0.2, 0) is 17.8 Å². The lowest BCUT2D eigenvalue weighted by Gasteiger charge is -2.15. The monoisotopic (exact) mass is 417 g/mol. The van der Waals surface area contributed by atoms with E-state index in [0.717, 1.165) is 11.3 Å². The van der Waals surface area contributed by atoms with Crippen molar-refractivity contribution < 1.29 is 9.59 Å². The molecule has 0 aliphatic rings. The first-order valence-corrected chi connectivity index (χ1v) is 10.4. The molecule has 0 saturated heterocycles. The zero-order chi connectivity index (χ0) is 22.2. The van der Waals surface area contributed by atoms with Crippen molar-refractivity contribution in [1.29, 1.82) is 0 Å². The Labute approximate surface area is 182 Å². The Kier molecular flexibility index (Phi) is 7.49. The molecule has 0 fully saturated rings. The van der Waals surface area contributed by atoms with E-state index < -0.39 is 11.5 Å². The van der Waals surface area contributed by atoms with Crippen molar-refractivity contribution in [2.45, 2.75) is 33.2 Å². The Morgan fingerprint density at radius 3 is 2.42 bits per heavy atom. The summed E-state index contributed by atoms with van der Waals surface area (Å²) in [6, 6.07) is 18.3. The first kappa shape index (κ1) is 22.2. The number of nitrogens with one attached hydrogen (secondary N) is 1. The molecule has 160 valence electrons. The number of ketones is 1. The summed E-state index contributed by atoms with van der Waals surface area (Å²) in [5.41, 5.74) is 1.86. The number of rotatable bonds is 9. The average molecular weight is 418 g/mol. The first-order valence-electron chi connectivity index (χ1n) is 10.4. The van der Waals surface area contributed by atoms with E-state index >= 15 is 0 Å². The second-order valence-electron chi connectivity index (χ2n) is 7.85. The Morgan fingerprint density at radius 1 is 1.00 bits per heavy atom. The summed E-state index contributed by atoms with van der Waals surface area (Å²) >= 11 is 0. The normalized spacial score (nSPS) is 10.8. The van der Waals surface area contributed by atoms with Gasteiger partial charge in [-0.3, -0.25) is 19.4 Å². The zero-order valence-corrected chi connectivity index (χ0v) is 17.9. The van der Waals surface area contributed by atoms with Crippen LogP contribution in [0.15, 0.2) is 71.7 Å². The number of hydrogen-bond donors (Lipinski definition) is 1. The van der Waals surface area contributed by atoms with Gasteiger partial charge in [-0.25, -0.2) is 0 Å². The summed E-state index contributed by atoms with van der Waals surface area (Å²) in [5, 5.41) is 2.78. The van der Waals surface area contributed by atoms with E-state index in [1.54, 1.807) is 12.3 Å². The molecule has 0 bridgehead atoms. The highest BCUT2D eigenvalue weighted by Crippen LogP contribution is 2.18. The third-order valence-electron chi connectivity index (χ3n) is 4.85. The SMILES string of the molecule is CC(C)CC(=O)Cn1c(-c2ccccc2)ccc(C(=O)NCCc2ccccn2)c1=O. The van der Waals surface area contributed by atoms with Crippen molar-refractivity contribution in [3.8, 4) is 11.3 Å². The Morgan fingerprint density at radius 2 is 1.74 bits per heavy atom. The van der Waals surface area contributed by atoms with E-state index in [4.69, 9.17) is 0 Å². The predicted octanol–water partition coefficient (Wildman–Crippen LogP) is 3.50. The molecule has 6 nitrogen and oxygen atoms in total. The largest absolute Gasteiger partial charge is 0.351 e. The Hall–Kier alpha value is -3.54. The van der Waals surface area contributed by atoms with Gasteiger partial charge in [-0.2, -0.15) is 0 Å². The van der Waals surface area contributed by atoms with Gasteiger partial charge >= 0.3 is 0 Å². The summed E-state index contributed by atoms with van der Waals surface area (Å²) in [4.78, 5) is 42.6. The summed E-state index contributed by atoms with van der Waals surface area (Å²) in [6.45, 7) is 4.23. The number of pyridine rings is 2. The maximum Gasteiger partial charge on any atom is 0.264 e. The molecule has 31 heavy (non-hydrogen) atoms. The summed E-state index contributed by atoms with van der Waals surface area (Å²) < 4.78 is 1.41. The molecule has 3 aromatic rings. The van der Waals surface area contributed by atoms with Crippen LogP contribution in [0.2, 0.25) is 0 Å². The third kappa shape index (κ3) is 5.98. The second kappa shape index (κ2) is 10.5. The predicted molar refractivity (Wildman–Crippen MR) is 121 cm³/mol. The molecule has 0 aliphatic carbocycles. The van der Waals surface area contributed by atoms with Crippen LogP contribution in [0.3, 0.4) is 0 Å². The molecule has 0 aliphatic heterocycles. The Bertz CT molecular complexity index is 1090. The van der Waals surface area contributed by atoms with E-state index in [9.17, 15) is 14.4 Å². The van der Waals surface area contributed by atoms with Gasteiger partial charge in [0.05, 0.1) is 12.2 Å². The van der Waals surface area contributed by atoms with Gasteiger partial charge < -0.3 is 9.88 Å². The Balaban J connectivity index is 1.85. The van der Waals surface area contributed by atoms with E-state index in [-0.39, 0.29) is 23.8 Å². The molecule has 1 amide bonds. The van der Waals surface area contributed by atoms with Gasteiger partial charge in [0.25, 0.3) is 11.5 Å². The topological polar surface area (TPSA) is 81.1 Å². The molecule has 1 aromatic carbocycles. The van der Waals surface area contributed by atoms with Gasteiger partial charge in [0.2, 0.25) is 0 Å². The number of hydrogen-bond acceptors (Lipinski definition) is 4. The summed E-state index contributed by atoms with van der Waals surface area (Å²) in [5.74, 6) is -0.297. The van der Waals surface area contributed by atoms with E-state index in [2.05, 4.69) is 10.3 Å². The second-order valence-corrected chi connectivity index (χ2v) is 7.85. The zero-order valence-electron chi connectivity index (χ0n) is 17.9. The van der Waals surface area contributed by atoms with E-state index in [1.807, 2.05) is 62.4 Å². The van der Waals surface area contributed by atoms with Crippen molar-refractivity contribution >= 4 is 11.7 Å². The minimum absolute atomic E-state index is 0.0260. The number of aromatic nitrogens is 2. The van der Waals surface area contributed by atoms with Crippen LogP contribution in [0.1, 0.15) is 36.3 Å². The number of carbonyl (C=O) groups excluding carboxylic acids is 2. The minimum atomic E-state index is -0.464. The molecule has 0 saturated carbocycles. The van der Waals surface area contributed by atoms with Crippen molar-refractivity contribution in [3.63, 3.8) is 0 Å². The first-order chi connectivity index (χ1) is 15.0. The quantitative estimate of drug-likeness (QED) is 0.578. The molecule has 2 heterocycles. The molecule has 3 rings (SSSR count). The number of Topliss-reactive ketones (excluding diaryl/α,β-unsaturated/α-hetero) is 1. The highest BCUT2D eigenvalue weighted by atomic mass is 16.2. The molecule has 0 unspecified atom stereocenters. The lowest BCUT2D eigenvalue weighted by Crippen LogP contribution is -2.35. The highest BCUT2D eigenvalue weighted by Gasteiger charge is 2.18. The van der Waals surface area contributed by atoms with Crippen LogP contribution in [0.4, 0.5) is 0 Å². The van der Waals surface area contributed by atoms with Crippen LogP contribution >= 0.6 is 0 Å². The van der Waals surface area contributed by atoms with Crippen LogP contribution in [0, 0.1) is 5.92 Å². The van der Waals surface area contributed by atoms with Crippen molar-refractivity contribution in [2.24, 2.45) is 5.92 Å². The molecular weight excluding hydrogens is 390 g/mol.